The predicted octanol–water partition coefficient (Wildman–Crippen LogP) is 3.80. The van der Waals surface area contributed by atoms with Gasteiger partial charge in [0, 0.05) is 38.0 Å². The summed E-state index contributed by atoms with van der Waals surface area (Å²) in [7, 11) is 4.12. The Morgan fingerprint density at radius 3 is 2.46 bits per heavy atom. The number of aliphatic hydroxyl groups excluding tert-OH is 1. The Balaban J connectivity index is 1.61. The molecule has 0 saturated carbocycles. The molecule has 2 aliphatic heterocycles. The van der Waals surface area contributed by atoms with Crippen LogP contribution in [0.15, 0.2) is 42.5 Å². The summed E-state index contributed by atoms with van der Waals surface area (Å²) in [6.45, 7) is 5.79. The zero-order valence-electron chi connectivity index (χ0n) is 24.9. The number of carboxylic acid groups (broad SMARTS) is 1. The molecule has 1 amide bonds. The number of aliphatic hydroxyl groups is 1. The molecule has 0 aromatic heterocycles. The van der Waals surface area contributed by atoms with E-state index in [0.29, 0.717) is 19.6 Å². The van der Waals surface area contributed by atoms with Crippen molar-refractivity contribution < 1.29 is 24.5 Å². The number of ether oxygens (including phenoxy) is 1. The van der Waals surface area contributed by atoms with Crippen LogP contribution < -0.4 is 4.74 Å². The lowest BCUT2D eigenvalue weighted by Crippen LogP contribution is -2.45. The minimum atomic E-state index is -0.847. The van der Waals surface area contributed by atoms with E-state index in [4.69, 9.17) is 4.74 Å². The number of rotatable bonds is 15. The molecule has 8 heteroatoms. The van der Waals surface area contributed by atoms with Crippen LogP contribution in [-0.2, 0) is 29.0 Å². The number of carbonyl (C=O) groups is 2. The molecular weight excluding hydrogens is 518 g/mol. The first-order chi connectivity index (χ1) is 19.8. The number of benzene rings is 2. The molecule has 224 valence electrons. The number of hydrogen-bond donors (Lipinski definition) is 2. The van der Waals surface area contributed by atoms with E-state index in [1.807, 2.05) is 41.3 Å². The highest BCUT2D eigenvalue weighted by atomic mass is 16.5. The van der Waals surface area contributed by atoms with Crippen molar-refractivity contribution in [2.45, 2.75) is 64.0 Å². The minimum Gasteiger partial charge on any atom is -0.493 e. The molecule has 0 spiro atoms. The molecule has 0 aliphatic carbocycles. The molecule has 2 N–H and O–H groups in total. The van der Waals surface area contributed by atoms with Crippen LogP contribution in [0.4, 0.5) is 0 Å². The maximum absolute atomic E-state index is 13.8. The highest BCUT2D eigenvalue weighted by molar-refractivity contribution is 5.79. The highest BCUT2D eigenvalue weighted by Gasteiger charge is 2.47. The number of amides is 1. The van der Waals surface area contributed by atoms with Crippen LogP contribution in [0.2, 0.25) is 0 Å². The molecule has 3 atom stereocenters. The van der Waals surface area contributed by atoms with Crippen LogP contribution in [0.3, 0.4) is 0 Å². The van der Waals surface area contributed by atoms with E-state index in [2.05, 4.69) is 36.9 Å². The summed E-state index contributed by atoms with van der Waals surface area (Å²) >= 11 is 0. The number of nitrogens with zero attached hydrogens (tertiary/aromatic N) is 3. The number of hydrogen-bond acceptors (Lipinski definition) is 6. The van der Waals surface area contributed by atoms with Crippen LogP contribution in [0.5, 0.6) is 5.75 Å². The fourth-order valence-corrected chi connectivity index (χ4v) is 6.37. The molecule has 0 unspecified atom stereocenters. The minimum absolute atomic E-state index is 0.0656. The van der Waals surface area contributed by atoms with Gasteiger partial charge in [0.1, 0.15) is 5.75 Å². The number of carboxylic acids is 1. The van der Waals surface area contributed by atoms with Gasteiger partial charge in [0.25, 0.3) is 0 Å². The van der Waals surface area contributed by atoms with E-state index in [1.165, 1.54) is 0 Å². The van der Waals surface area contributed by atoms with Crippen molar-refractivity contribution in [1.29, 1.82) is 0 Å². The van der Waals surface area contributed by atoms with Gasteiger partial charge >= 0.3 is 5.97 Å². The predicted molar refractivity (Wildman–Crippen MR) is 160 cm³/mol. The summed E-state index contributed by atoms with van der Waals surface area (Å²) in [6, 6.07) is 13.3. The Bertz CT molecular complexity index is 1170. The van der Waals surface area contributed by atoms with Gasteiger partial charge in [-0.3, -0.25) is 14.5 Å². The largest absolute Gasteiger partial charge is 0.493 e. The fourth-order valence-electron chi connectivity index (χ4n) is 6.37. The molecule has 2 aromatic rings. The Morgan fingerprint density at radius 1 is 1.02 bits per heavy atom. The number of aliphatic carboxylic acids is 1. The first-order valence-corrected chi connectivity index (χ1v) is 15.1. The average molecular weight is 566 g/mol. The third kappa shape index (κ3) is 7.87. The van der Waals surface area contributed by atoms with E-state index in [9.17, 15) is 19.8 Å². The van der Waals surface area contributed by atoms with Crippen LogP contribution in [-0.4, -0.2) is 96.3 Å². The Hall–Kier alpha value is -2.94. The average Bonchev–Trinajstić information content (AvgIpc) is 3.57. The molecule has 1 fully saturated rings. The van der Waals surface area contributed by atoms with Crippen LogP contribution >= 0.6 is 0 Å². The normalized spacial score (nSPS) is 20.3. The molecule has 2 aromatic carbocycles. The van der Waals surface area contributed by atoms with Crippen molar-refractivity contribution >= 4 is 11.9 Å². The van der Waals surface area contributed by atoms with Crippen molar-refractivity contribution in [3.8, 4) is 5.75 Å². The van der Waals surface area contributed by atoms with Crippen molar-refractivity contribution in [1.82, 2.24) is 14.7 Å². The number of likely N-dealkylation sites (tertiary alicyclic amines) is 1. The molecule has 0 bridgehead atoms. The topological polar surface area (TPSA) is 93.5 Å². The third-order valence-corrected chi connectivity index (χ3v) is 8.65. The quantitative estimate of drug-likeness (QED) is 0.318. The Labute approximate surface area is 244 Å². The summed E-state index contributed by atoms with van der Waals surface area (Å²) in [6.07, 6.45) is 5.21. The van der Waals surface area contributed by atoms with Crippen molar-refractivity contribution in [3.63, 3.8) is 0 Å². The summed E-state index contributed by atoms with van der Waals surface area (Å²) in [5.41, 5.74) is 3.83. The molecule has 8 nitrogen and oxygen atoms in total. The summed E-state index contributed by atoms with van der Waals surface area (Å²) in [5.74, 6) is -0.837. The second-order valence-corrected chi connectivity index (χ2v) is 11.8. The highest BCUT2D eigenvalue weighted by Crippen LogP contribution is 2.41. The van der Waals surface area contributed by atoms with Gasteiger partial charge in [-0.25, -0.2) is 0 Å². The second kappa shape index (κ2) is 14.8. The van der Waals surface area contributed by atoms with E-state index in [-0.39, 0.29) is 31.0 Å². The molecule has 2 aliphatic rings. The lowest BCUT2D eigenvalue weighted by Gasteiger charge is -2.30. The number of carbonyl (C=O) groups excluding carboxylic acids is 1. The molecule has 4 rings (SSSR count). The summed E-state index contributed by atoms with van der Waals surface area (Å²) in [4.78, 5) is 32.9. The van der Waals surface area contributed by atoms with Gasteiger partial charge in [0.2, 0.25) is 5.91 Å². The van der Waals surface area contributed by atoms with E-state index in [1.54, 1.807) is 0 Å². The van der Waals surface area contributed by atoms with Crippen molar-refractivity contribution in [2.24, 2.45) is 5.92 Å². The van der Waals surface area contributed by atoms with E-state index in [0.717, 1.165) is 79.7 Å². The first kappa shape index (κ1) is 31.0. The van der Waals surface area contributed by atoms with E-state index >= 15 is 0 Å². The lowest BCUT2D eigenvalue weighted by atomic mass is 9.82. The fraction of sp³-hybridized carbons (Fsp3) is 0.576. The summed E-state index contributed by atoms with van der Waals surface area (Å²) in [5, 5.41) is 20.6. The Morgan fingerprint density at radius 2 is 1.76 bits per heavy atom. The van der Waals surface area contributed by atoms with Gasteiger partial charge in [-0.1, -0.05) is 49.7 Å². The molecular formula is C33H47N3O5. The molecule has 0 radical (unpaired) electrons. The zero-order chi connectivity index (χ0) is 29.4. The van der Waals surface area contributed by atoms with Gasteiger partial charge in [-0.2, -0.15) is 0 Å². The van der Waals surface area contributed by atoms with Gasteiger partial charge in [-0.15, -0.1) is 0 Å². The molecule has 41 heavy (non-hydrogen) atoms. The SMILES string of the molecule is CCCCN(CCCCN(C)C)C(=O)CN1C[C@H](c2ccc3c(c2)CCO3)[C@@H](C(=O)O)[C@@H]1Cc1ccccc1CO. The second-order valence-electron chi connectivity index (χ2n) is 11.8. The van der Waals surface area contributed by atoms with E-state index < -0.39 is 11.9 Å². The third-order valence-electron chi connectivity index (χ3n) is 8.65. The smallest absolute Gasteiger partial charge is 0.308 e. The standard InChI is InChI=1S/C33H47N3O5/c1-4-5-16-35(17-9-8-15-34(2)3)31(38)22-36-21-28(25-12-13-30-26(19-25)14-18-41-30)32(33(39)40)29(36)20-24-10-6-7-11-27(24)23-37/h6-7,10-13,19,28-29,32,37H,4-5,8-9,14-18,20-23H2,1-3H3,(H,39,40)/t28-,29+,32-/m1/s1. The number of fused-ring (bicyclic) bond motifs is 1. The maximum Gasteiger partial charge on any atom is 0.308 e. The Kier molecular flexibility index (Phi) is 11.2. The van der Waals surface area contributed by atoms with Crippen LogP contribution in [0.1, 0.15) is 60.8 Å². The van der Waals surface area contributed by atoms with Gasteiger partial charge < -0.3 is 24.7 Å². The zero-order valence-corrected chi connectivity index (χ0v) is 24.9. The monoisotopic (exact) mass is 565 g/mol. The molecule has 1 saturated heterocycles. The van der Waals surface area contributed by atoms with Gasteiger partial charge in [-0.05, 0) is 74.6 Å². The van der Waals surface area contributed by atoms with Crippen molar-refractivity contribution in [2.75, 3.05) is 53.4 Å². The van der Waals surface area contributed by atoms with Gasteiger partial charge in [0.05, 0.1) is 25.7 Å². The maximum atomic E-state index is 13.8. The lowest BCUT2D eigenvalue weighted by molar-refractivity contribution is -0.143. The number of unbranched alkanes of at least 4 members (excludes halogenated alkanes) is 2. The van der Waals surface area contributed by atoms with Gasteiger partial charge in [0.15, 0.2) is 0 Å². The van der Waals surface area contributed by atoms with Crippen LogP contribution in [0, 0.1) is 5.92 Å². The van der Waals surface area contributed by atoms with Crippen LogP contribution in [0.25, 0.3) is 0 Å². The molecule has 2 heterocycles. The first-order valence-electron chi connectivity index (χ1n) is 15.1. The summed E-state index contributed by atoms with van der Waals surface area (Å²) < 4.78 is 5.70. The van der Waals surface area contributed by atoms with Crippen molar-refractivity contribution in [3.05, 3.63) is 64.7 Å².